The number of esters is 2. The largest absolute Gasteiger partial charge is 0.466 e. The van der Waals surface area contributed by atoms with Crippen molar-refractivity contribution in [3.63, 3.8) is 0 Å². The molecule has 1 aliphatic heterocycles. The number of piperazine rings is 1. The van der Waals surface area contributed by atoms with E-state index in [4.69, 9.17) is 9.47 Å². The predicted molar refractivity (Wildman–Crippen MR) is 66.1 cm³/mol. The second-order valence-electron chi connectivity index (χ2n) is 4.06. The van der Waals surface area contributed by atoms with Crippen molar-refractivity contribution >= 4 is 11.9 Å². The van der Waals surface area contributed by atoms with Gasteiger partial charge in [0.1, 0.15) is 6.04 Å². The number of nitrogens with one attached hydrogen (secondary N) is 1. The lowest BCUT2D eigenvalue weighted by atomic mass is 10.1. The van der Waals surface area contributed by atoms with Gasteiger partial charge in [-0.2, -0.15) is 0 Å². The molecule has 0 saturated carbocycles. The second-order valence-corrected chi connectivity index (χ2v) is 4.06. The van der Waals surface area contributed by atoms with Gasteiger partial charge < -0.3 is 14.8 Å². The van der Waals surface area contributed by atoms with E-state index in [-0.39, 0.29) is 18.4 Å². The third-order valence-electron chi connectivity index (χ3n) is 2.82. The summed E-state index contributed by atoms with van der Waals surface area (Å²) in [4.78, 5) is 25.4. The van der Waals surface area contributed by atoms with E-state index in [1.807, 2.05) is 4.90 Å². The third-order valence-corrected chi connectivity index (χ3v) is 2.82. The van der Waals surface area contributed by atoms with E-state index in [9.17, 15) is 9.59 Å². The molecule has 0 aromatic heterocycles. The van der Waals surface area contributed by atoms with Crippen LogP contribution in [0.5, 0.6) is 0 Å². The minimum atomic E-state index is -0.522. The molecule has 1 atom stereocenters. The molecule has 1 rings (SSSR count). The Bertz CT molecular complexity index is 277. The minimum absolute atomic E-state index is 0.0622. The topological polar surface area (TPSA) is 67.9 Å². The number of nitrogens with zero attached hydrogens (tertiary/aromatic N) is 1. The van der Waals surface area contributed by atoms with Gasteiger partial charge in [0.15, 0.2) is 0 Å². The lowest BCUT2D eigenvalue weighted by Crippen LogP contribution is -2.52. The summed E-state index contributed by atoms with van der Waals surface area (Å²) in [5, 5.41) is 3.21. The van der Waals surface area contributed by atoms with Gasteiger partial charge in [0.2, 0.25) is 0 Å². The summed E-state index contributed by atoms with van der Waals surface area (Å²) in [5.41, 5.74) is 0. The summed E-state index contributed by atoms with van der Waals surface area (Å²) in [7, 11) is 0. The van der Waals surface area contributed by atoms with Gasteiger partial charge in [-0.1, -0.05) is 0 Å². The van der Waals surface area contributed by atoms with Crippen molar-refractivity contribution in [2.24, 2.45) is 0 Å². The van der Waals surface area contributed by atoms with Gasteiger partial charge in [-0.25, -0.2) is 0 Å². The molecule has 1 unspecified atom stereocenters. The summed E-state index contributed by atoms with van der Waals surface area (Å²) in [6.45, 7) is 7.28. The molecule has 0 aromatic rings. The molecule has 0 radical (unpaired) electrons. The molecule has 0 spiro atoms. The Balaban J connectivity index is 2.61. The van der Waals surface area contributed by atoms with Crippen molar-refractivity contribution in [3.05, 3.63) is 0 Å². The molecule has 1 saturated heterocycles. The van der Waals surface area contributed by atoms with E-state index < -0.39 is 6.04 Å². The average Bonchev–Trinajstić information content (AvgIpc) is 2.37. The zero-order chi connectivity index (χ0) is 13.4. The Morgan fingerprint density at radius 3 is 2.33 bits per heavy atom. The zero-order valence-corrected chi connectivity index (χ0v) is 11.1. The van der Waals surface area contributed by atoms with Crippen LogP contribution in [0.2, 0.25) is 0 Å². The van der Waals surface area contributed by atoms with E-state index in [0.29, 0.717) is 13.2 Å². The number of hydrogen-bond donors (Lipinski definition) is 1. The van der Waals surface area contributed by atoms with Crippen molar-refractivity contribution in [2.45, 2.75) is 26.3 Å². The highest BCUT2D eigenvalue weighted by molar-refractivity contribution is 5.82. The molecular weight excluding hydrogens is 236 g/mol. The van der Waals surface area contributed by atoms with Gasteiger partial charge in [-0.15, -0.1) is 0 Å². The third kappa shape index (κ3) is 4.62. The molecule has 0 bridgehead atoms. The van der Waals surface area contributed by atoms with E-state index in [1.54, 1.807) is 13.8 Å². The maximum absolute atomic E-state index is 11.9. The van der Waals surface area contributed by atoms with Gasteiger partial charge >= 0.3 is 11.9 Å². The van der Waals surface area contributed by atoms with Crippen molar-refractivity contribution in [3.8, 4) is 0 Å². The minimum Gasteiger partial charge on any atom is -0.466 e. The highest BCUT2D eigenvalue weighted by Crippen LogP contribution is 2.09. The van der Waals surface area contributed by atoms with Crippen molar-refractivity contribution < 1.29 is 19.1 Å². The number of carbonyl (C=O) groups excluding carboxylic acids is 2. The molecule has 6 nitrogen and oxygen atoms in total. The van der Waals surface area contributed by atoms with Crippen molar-refractivity contribution in [1.82, 2.24) is 10.2 Å². The maximum atomic E-state index is 11.9. The summed E-state index contributed by atoms with van der Waals surface area (Å²) in [6.07, 6.45) is 0.0622. The highest BCUT2D eigenvalue weighted by Gasteiger charge is 2.30. The first-order chi connectivity index (χ1) is 8.69. The normalized spacial score (nSPS) is 18.1. The molecule has 1 heterocycles. The van der Waals surface area contributed by atoms with Crippen LogP contribution in [0, 0.1) is 0 Å². The van der Waals surface area contributed by atoms with Gasteiger partial charge in [0.05, 0.1) is 19.6 Å². The van der Waals surface area contributed by atoms with Crippen LogP contribution in [-0.4, -0.2) is 62.3 Å². The van der Waals surface area contributed by atoms with Crippen LogP contribution in [-0.2, 0) is 19.1 Å². The molecule has 104 valence electrons. The fourth-order valence-corrected chi connectivity index (χ4v) is 1.97. The first kappa shape index (κ1) is 14.9. The first-order valence-corrected chi connectivity index (χ1v) is 6.46. The van der Waals surface area contributed by atoms with Crippen LogP contribution >= 0.6 is 0 Å². The lowest BCUT2D eigenvalue weighted by Gasteiger charge is -2.32. The standard InChI is InChI=1S/C12H22N2O4/c1-3-17-11(15)9-10(12(16)18-4-2)14-7-5-13-6-8-14/h10,13H,3-9H2,1-2H3. The Morgan fingerprint density at radius 2 is 1.78 bits per heavy atom. The van der Waals surface area contributed by atoms with Gasteiger partial charge in [0, 0.05) is 26.2 Å². The van der Waals surface area contributed by atoms with Gasteiger partial charge in [0.25, 0.3) is 0 Å². The zero-order valence-electron chi connectivity index (χ0n) is 11.1. The first-order valence-electron chi connectivity index (χ1n) is 6.46. The molecule has 0 aromatic carbocycles. The monoisotopic (exact) mass is 258 g/mol. The fraction of sp³-hybridized carbons (Fsp3) is 0.833. The van der Waals surface area contributed by atoms with Crippen LogP contribution in [0.15, 0.2) is 0 Å². The number of carbonyl (C=O) groups is 2. The second kappa shape index (κ2) is 8.05. The van der Waals surface area contributed by atoms with E-state index in [1.165, 1.54) is 0 Å². The van der Waals surface area contributed by atoms with Crippen LogP contribution in [0.3, 0.4) is 0 Å². The molecule has 1 aliphatic rings. The smallest absolute Gasteiger partial charge is 0.323 e. The molecule has 1 fully saturated rings. The van der Waals surface area contributed by atoms with E-state index in [2.05, 4.69) is 5.32 Å². The Morgan fingerprint density at radius 1 is 1.17 bits per heavy atom. The Labute approximate surface area is 108 Å². The molecule has 18 heavy (non-hydrogen) atoms. The average molecular weight is 258 g/mol. The maximum Gasteiger partial charge on any atom is 0.323 e. The number of hydrogen-bond acceptors (Lipinski definition) is 6. The Hall–Kier alpha value is -1.14. The van der Waals surface area contributed by atoms with Crippen LogP contribution in [0.4, 0.5) is 0 Å². The molecular formula is C12H22N2O4. The van der Waals surface area contributed by atoms with Crippen LogP contribution in [0.25, 0.3) is 0 Å². The van der Waals surface area contributed by atoms with Crippen molar-refractivity contribution in [2.75, 3.05) is 39.4 Å². The number of ether oxygens (including phenoxy) is 2. The lowest BCUT2D eigenvalue weighted by molar-refractivity contribution is -0.156. The van der Waals surface area contributed by atoms with Gasteiger partial charge in [-0.3, -0.25) is 14.5 Å². The summed E-state index contributed by atoms with van der Waals surface area (Å²) in [5.74, 6) is -0.693. The van der Waals surface area contributed by atoms with Crippen LogP contribution in [0.1, 0.15) is 20.3 Å². The quantitative estimate of drug-likeness (QED) is 0.664. The molecule has 1 N–H and O–H groups in total. The summed E-state index contributed by atoms with van der Waals surface area (Å²) < 4.78 is 9.93. The van der Waals surface area contributed by atoms with Crippen LogP contribution < -0.4 is 5.32 Å². The van der Waals surface area contributed by atoms with Gasteiger partial charge in [-0.05, 0) is 13.8 Å². The highest BCUT2D eigenvalue weighted by atomic mass is 16.5. The fourth-order valence-electron chi connectivity index (χ4n) is 1.97. The molecule has 6 heteroatoms. The summed E-state index contributed by atoms with van der Waals surface area (Å²) >= 11 is 0. The van der Waals surface area contributed by atoms with Crippen molar-refractivity contribution in [1.29, 1.82) is 0 Å². The summed E-state index contributed by atoms with van der Waals surface area (Å²) in [6, 6.07) is -0.522. The Kier molecular flexibility index (Phi) is 6.67. The SMILES string of the molecule is CCOC(=O)CC(C(=O)OCC)N1CCNCC1. The van der Waals surface area contributed by atoms with E-state index >= 15 is 0 Å². The predicted octanol–water partition coefficient (Wildman–Crippen LogP) is -0.223. The molecule has 0 aliphatic carbocycles. The molecule has 0 amide bonds. The number of rotatable bonds is 6. The van der Waals surface area contributed by atoms with E-state index in [0.717, 1.165) is 26.2 Å².